The molecule has 0 aliphatic carbocycles. The molecule has 0 bridgehead atoms. The normalized spacial score (nSPS) is 11.3. The first-order valence-corrected chi connectivity index (χ1v) is 9.99. The van der Waals surface area contributed by atoms with Crippen molar-refractivity contribution in [3.63, 3.8) is 0 Å². The van der Waals surface area contributed by atoms with E-state index in [9.17, 15) is 5.11 Å². The fraction of sp³-hybridized carbons (Fsp3) is 0.545. The lowest BCUT2D eigenvalue weighted by Crippen LogP contribution is -2.17. The summed E-state index contributed by atoms with van der Waals surface area (Å²) in [6, 6.07) is 5.14. The third-order valence-corrected chi connectivity index (χ3v) is 4.45. The Kier molecular flexibility index (Phi) is 7.45. The van der Waals surface area contributed by atoms with Crippen LogP contribution in [-0.4, -0.2) is 27.3 Å². The molecule has 5 nitrogen and oxygen atoms in total. The summed E-state index contributed by atoms with van der Waals surface area (Å²) in [5.41, 5.74) is 3.35. The smallest absolute Gasteiger partial charge is 0.236 e. The summed E-state index contributed by atoms with van der Waals surface area (Å²) in [7, 11) is 0. The molecule has 5 heteroatoms. The van der Waals surface area contributed by atoms with Gasteiger partial charge in [-0.15, -0.1) is 0 Å². The van der Waals surface area contributed by atoms with Crippen molar-refractivity contribution in [3.8, 4) is 28.6 Å². The molecule has 0 fully saturated rings. The van der Waals surface area contributed by atoms with Crippen molar-refractivity contribution in [3.05, 3.63) is 29.6 Å². The molecule has 2 aromatic rings. The maximum absolute atomic E-state index is 9.89. The highest BCUT2D eigenvalue weighted by atomic mass is 16.5. The Labute approximate surface area is 162 Å². The number of hydrogen-bond donors (Lipinski definition) is 1. The number of aromatic hydroxyl groups is 1. The quantitative estimate of drug-likeness (QED) is 0.644. The molecular weight excluding hydrogens is 340 g/mol. The monoisotopic (exact) mass is 372 g/mol. The van der Waals surface area contributed by atoms with Gasteiger partial charge in [0.1, 0.15) is 17.2 Å². The minimum absolute atomic E-state index is 0.00768. The van der Waals surface area contributed by atoms with Gasteiger partial charge in [0.2, 0.25) is 5.88 Å². The van der Waals surface area contributed by atoms with Gasteiger partial charge in [0.05, 0.1) is 23.6 Å². The van der Waals surface area contributed by atoms with Gasteiger partial charge in [-0.2, -0.15) is 0 Å². The maximum atomic E-state index is 9.89. The summed E-state index contributed by atoms with van der Waals surface area (Å²) < 4.78 is 12.1. The summed E-state index contributed by atoms with van der Waals surface area (Å²) in [6.07, 6.45) is 3.48. The van der Waals surface area contributed by atoms with Gasteiger partial charge in [0.15, 0.2) is 0 Å². The number of aromatic nitrogens is 2. The number of ether oxygens (including phenoxy) is 2. The molecule has 0 radical (unpaired) electrons. The van der Waals surface area contributed by atoms with Crippen LogP contribution in [0.5, 0.6) is 17.4 Å². The van der Waals surface area contributed by atoms with Crippen molar-refractivity contribution in [1.29, 1.82) is 0 Å². The van der Waals surface area contributed by atoms with Crippen LogP contribution in [0.3, 0.4) is 0 Å². The molecule has 148 valence electrons. The number of rotatable bonds is 9. The molecule has 0 aliphatic rings. The van der Waals surface area contributed by atoms with Crippen LogP contribution in [0, 0.1) is 0 Å². The van der Waals surface area contributed by atoms with Crippen LogP contribution in [0.2, 0.25) is 0 Å². The van der Waals surface area contributed by atoms with Gasteiger partial charge in [0, 0.05) is 11.6 Å². The number of hydrogen-bond acceptors (Lipinski definition) is 5. The molecule has 0 amide bonds. The highest BCUT2D eigenvalue weighted by molar-refractivity contribution is 5.70. The molecule has 0 atom stereocenters. The van der Waals surface area contributed by atoms with E-state index in [4.69, 9.17) is 19.4 Å². The predicted octanol–water partition coefficient (Wildman–Crippen LogP) is 5.33. The summed E-state index contributed by atoms with van der Waals surface area (Å²) in [5.74, 6) is 1.42. The average Bonchev–Trinajstić information content (AvgIpc) is 2.65. The van der Waals surface area contributed by atoms with Crippen molar-refractivity contribution < 1.29 is 14.6 Å². The Morgan fingerprint density at radius 3 is 2.15 bits per heavy atom. The zero-order valence-electron chi connectivity index (χ0n) is 17.4. The molecule has 1 N–H and O–H groups in total. The van der Waals surface area contributed by atoms with Gasteiger partial charge in [-0.1, -0.05) is 27.7 Å². The largest absolute Gasteiger partial charge is 0.508 e. The topological polar surface area (TPSA) is 64.5 Å². The molecule has 0 unspecified atom stereocenters. The van der Waals surface area contributed by atoms with Gasteiger partial charge >= 0.3 is 0 Å². The number of phenols is 1. The minimum Gasteiger partial charge on any atom is -0.508 e. The minimum atomic E-state index is -0.00768. The zero-order chi connectivity index (χ0) is 20.0. The van der Waals surface area contributed by atoms with E-state index in [1.54, 1.807) is 12.1 Å². The molecule has 0 aliphatic heterocycles. The second-order valence-corrected chi connectivity index (χ2v) is 6.88. The van der Waals surface area contributed by atoms with E-state index in [0.717, 1.165) is 48.3 Å². The molecule has 1 aromatic heterocycles. The maximum Gasteiger partial charge on any atom is 0.236 e. The van der Waals surface area contributed by atoms with Crippen LogP contribution in [0.15, 0.2) is 18.2 Å². The Morgan fingerprint density at radius 1 is 0.926 bits per heavy atom. The van der Waals surface area contributed by atoms with Crippen molar-refractivity contribution in [2.24, 2.45) is 0 Å². The van der Waals surface area contributed by atoms with Gasteiger partial charge in [-0.05, 0) is 51.7 Å². The first-order valence-electron chi connectivity index (χ1n) is 9.99. The van der Waals surface area contributed by atoms with E-state index in [1.165, 1.54) is 0 Å². The SMILES string of the molecule is CCc1nc(-c2ccc(O)cc2OC(C)C)c(CC)nc1OC(CC)CC. The third-order valence-electron chi connectivity index (χ3n) is 4.45. The van der Waals surface area contributed by atoms with Crippen LogP contribution in [-0.2, 0) is 12.8 Å². The summed E-state index contributed by atoms with van der Waals surface area (Å²) in [6.45, 7) is 12.3. The first kappa shape index (κ1) is 21.0. The van der Waals surface area contributed by atoms with Gasteiger partial charge in [-0.25, -0.2) is 9.97 Å². The lowest BCUT2D eigenvalue weighted by atomic mass is 10.1. The van der Waals surface area contributed by atoms with Crippen LogP contribution >= 0.6 is 0 Å². The zero-order valence-corrected chi connectivity index (χ0v) is 17.4. The molecule has 0 saturated carbocycles. The van der Waals surface area contributed by atoms with Crippen molar-refractivity contribution in [2.75, 3.05) is 0 Å². The Bertz CT molecular complexity index is 755. The third kappa shape index (κ3) is 5.12. The number of aryl methyl sites for hydroxylation is 2. The van der Waals surface area contributed by atoms with E-state index in [1.807, 2.05) is 19.9 Å². The average molecular weight is 373 g/mol. The van der Waals surface area contributed by atoms with E-state index >= 15 is 0 Å². The lowest BCUT2D eigenvalue weighted by molar-refractivity contribution is 0.181. The standard InChI is InChI=1S/C22H32N2O3/c1-7-16(8-2)27-22-19(10-4)23-21(18(9-3)24-22)17-12-11-15(25)13-20(17)26-14(5)6/h11-14,16,25H,7-10H2,1-6H3. The summed E-state index contributed by atoms with van der Waals surface area (Å²) in [4.78, 5) is 9.72. The second-order valence-electron chi connectivity index (χ2n) is 6.88. The van der Waals surface area contributed by atoms with Crippen molar-refractivity contribution in [2.45, 2.75) is 79.4 Å². The Hall–Kier alpha value is -2.30. The highest BCUT2D eigenvalue weighted by Crippen LogP contribution is 2.36. The Balaban J connectivity index is 2.58. The van der Waals surface area contributed by atoms with E-state index in [2.05, 4.69) is 27.7 Å². The summed E-state index contributed by atoms with van der Waals surface area (Å²) >= 11 is 0. The van der Waals surface area contributed by atoms with Crippen molar-refractivity contribution in [1.82, 2.24) is 9.97 Å². The number of nitrogens with zero attached hydrogens (tertiary/aromatic N) is 2. The Morgan fingerprint density at radius 2 is 1.59 bits per heavy atom. The van der Waals surface area contributed by atoms with Crippen LogP contribution in [0.25, 0.3) is 11.3 Å². The fourth-order valence-corrected chi connectivity index (χ4v) is 2.95. The van der Waals surface area contributed by atoms with Crippen molar-refractivity contribution >= 4 is 0 Å². The molecule has 0 saturated heterocycles. The molecule has 1 aromatic carbocycles. The van der Waals surface area contributed by atoms with E-state index in [-0.39, 0.29) is 18.0 Å². The first-order chi connectivity index (χ1) is 12.9. The number of phenolic OH excluding ortho intramolecular Hbond substituents is 1. The van der Waals surface area contributed by atoms with Crippen LogP contribution in [0.1, 0.15) is 65.8 Å². The van der Waals surface area contributed by atoms with E-state index < -0.39 is 0 Å². The van der Waals surface area contributed by atoms with Gasteiger partial charge < -0.3 is 14.6 Å². The molecule has 0 spiro atoms. The van der Waals surface area contributed by atoms with Crippen LogP contribution < -0.4 is 9.47 Å². The van der Waals surface area contributed by atoms with Crippen LogP contribution in [0.4, 0.5) is 0 Å². The van der Waals surface area contributed by atoms with Gasteiger partial charge in [-0.3, -0.25) is 0 Å². The fourth-order valence-electron chi connectivity index (χ4n) is 2.95. The predicted molar refractivity (Wildman–Crippen MR) is 109 cm³/mol. The second kappa shape index (κ2) is 9.58. The lowest BCUT2D eigenvalue weighted by Gasteiger charge is -2.20. The van der Waals surface area contributed by atoms with Gasteiger partial charge in [0.25, 0.3) is 0 Å². The summed E-state index contributed by atoms with van der Waals surface area (Å²) in [5, 5.41) is 9.89. The molecule has 1 heterocycles. The van der Waals surface area contributed by atoms with E-state index in [0.29, 0.717) is 11.6 Å². The highest BCUT2D eigenvalue weighted by Gasteiger charge is 2.20. The molecule has 2 rings (SSSR count). The number of benzene rings is 1. The molecule has 27 heavy (non-hydrogen) atoms. The molecular formula is C22H32N2O3.